The summed E-state index contributed by atoms with van der Waals surface area (Å²) in [5.41, 5.74) is 0.743. The first-order valence-electron chi connectivity index (χ1n) is 9.34. The van der Waals surface area contributed by atoms with Crippen LogP contribution in [-0.2, 0) is 0 Å². The first-order valence-corrected chi connectivity index (χ1v) is 10.4. The molecule has 0 aliphatic heterocycles. The molecule has 0 spiro atoms. The maximum absolute atomic E-state index is 12.7. The van der Waals surface area contributed by atoms with Crippen LogP contribution in [0.15, 0.2) is 24.3 Å². The third kappa shape index (κ3) is 6.01. The number of ether oxygens (including phenoxy) is 5. The summed E-state index contributed by atoms with van der Waals surface area (Å²) in [6.07, 6.45) is -1.02. The number of rotatable bonds is 11. The fourth-order valence-electron chi connectivity index (χ4n) is 2.92. The quantitative estimate of drug-likeness (QED) is 0.259. The van der Waals surface area contributed by atoms with Gasteiger partial charge in [-0.05, 0) is 53.8 Å². The number of methoxy groups -OCH3 is 4. The van der Waals surface area contributed by atoms with Crippen molar-refractivity contribution in [3.63, 3.8) is 0 Å². The molecule has 2 rings (SSSR count). The predicted molar refractivity (Wildman–Crippen MR) is 122 cm³/mol. The molecule has 0 bridgehead atoms. The maximum Gasteiger partial charge on any atom is 0.203 e. The molecule has 1 atom stereocenters. The first kappa shape index (κ1) is 24.7. The summed E-state index contributed by atoms with van der Waals surface area (Å²) < 4.78 is 27.0. The number of hydrogen-bond donors (Lipinski definition) is 1. The molecule has 0 heterocycles. The standard InChI is InChI=1S/C22H25IO8/c1-12(24)31-21-15(23)8-13(9-18(21)27-2)16(25)6-7-17(26)14-10-19(28-3)22(30-5)20(11-14)29-4/h8-12,24H,6-7H2,1-5H3. The van der Waals surface area contributed by atoms with Crippen LogP contribution >= 0.6 is 22.6 Å². The summed E-state index contributed by atoms with van der Waals surface area (Å²) in [5, 5.41) is 9.48. The van der Waals surface area contributed by atoms with Gasteiger partial charge in [0.15, 0.2) is 40.9 Å². The van der Waals surface area contributed by atoms with Crippen molar-refractivity contribution in [3.05, 3.63) is 39.0 Å². The largest absolute Gasteiger partial charge is 0.493 e. The van der Waals surface area contributed by atoms with E-state index in [1.54, 1.807) is 18.2 Å². The van der Waals surface area contributed by atoms with Crippen molar-refractivity contribution >= 4 is 34.2 Å². The van der Waals surface area contributed by atoms with Crippen molar-refractivity contribution < 1.29 is 38.4 Å². The Kier molecular flexibility index (Phi) is 8.93. The van der Waals surface area contributed by atoms with Gasteiger partial charge in [0.2, 0.25) is 5.75 Å². The molecule has 2 aromatic rings. The number of aliphatic hydroxyl groups is 1. The Bertz CT molecular complexity index is 930. The minimum absolute atomic E-state index is 0.00227. The minimum atomic E-state index is -1.03. The van der Waals surface area contributed by atoms with Gasteiger partial charge in [0, 0.05) is 24.0 Å². The predicted octanol–water partition coefficient (Wildman–Crippen LogP) is 3.89. The number of ketones is 2. The number of halogens is 1. The molecule has 0 fully saturated rings. The summed E-state index contributed by atoms with van der Waals surface area (Å²) in [6.45, 7) is 1.48. The average molecular weight is 544 g/mol. The summed E-state index contributed by atoms with van der Waals surface area (Å²) in [6, 6.07) is 6.28. The van der Waals surface area contributed by atoms with E-state index in [0.29, 0.717) is 43.4 Å². The normalized spacial score (nSPS) is 11.5. The highest BCUT2D eigenvalue weighted by Crippen LogP contribution is 2.39. The second kappa shape index (κ2) is 11.2. The number of hydrogen-bond acceptors (Lipinski definition) is 8. The zero-order chi connectivity index (χ0) is 23.1. The van der Waals surface area contributed by atoms with Gasteiger partial charge in [-0.1, -0.05) is 0 Å². The van der Waals surface area contributed by atoms with E-state index in [1.165, 1.54) is 41.4 Å². The summed E-state index contributed by atoms with van der Waals surface area (Å²) in [4.78, 5) is 25.4. The van der Waals surface area contributed by atoms with Crippen molar-refractivity contribution in [3.8, 4) is 28.7 Å². The van der Waals surface area contributed by atoms with E-state index in [1.807, 2.05) is 22.6 Å². The van der Waals surface area contributed by atoms with Gasteiger partial charge in [-0.25, -0.2) is 0 Å². The minimum Gasteiger partial charge on any atom is -0.493 e. The van der Waals surface area contributed by atoms with Crippen LogP contribution in [0, 0.1) is 3.57 Å². The SMILES string of the molecule is COc1cc(C(=O)CCC(=O)c2cc(OC)c(OC)c(OC)c2)cc(I)c1OC(C)O. The Morgan fingerprint density at radius 2 is 1.23 bits per heavy atom. The number of carbonyl (C=O) groups excluding carboxylic acids is 2. The molecule has 8 nitrogen and oxygen atoms in total. The lowest BCUT2D eigenvalue weighted by Gasteiger charge is -2.15. The van der Waals surface area contributed by atoms with Crippen LogP contribution in [-0.4, -0.2) is 51.4 Å². The highest BCUT2D eigenvalue weighted by atomic mass is 127. The second-order valence-electron chi connectivity index (χ2n) is 6.47. The molecule has 9 heteroatoms. The van der Waals surface area contributed by atoms with Crippen LogP contribution in [0.2, 0.25) is 0 Å². The van der Waals surface area contributed by atoms with Crippen molar-refractivity contribution in [2.75, 3.05) is 28.4 Å². The molecule has 0 aromatic heterocycles. The Morgan fingerprint density at radius 3 is 1.61 bits per heavy atom. The molecule has 31 heavy (non-hydrogen) atoms. The zero-order valence-corrected chi connectivity index (χ0v) is 20.1. The lowest BCUT2D eigenvalue weighted by molar-refractivity contribution is -0.00273. The number of benzene rings is 2. The molecular formula is C22H25IO8. The lowest BCUT2D eigenvalue weighted by Crippen LogP contribution is -2.12. The van der Waals surface area contributed by atoms with E-state index in [9.17, 15) is 14.7 Å². The van der Waals surface area contributed by atoms with Gasteiger partial charge in [0.25, 0.3) is 0 Å². The van der Waals surface area contributed by atoms with Gasteiger partial charge < -0.3 is 28.8 Å². The summed E-state index contributed by atoms with van der Waals surface area (Å²) in [5.74, 6) is 1.34. The monoisotopic (exact) mass is 544 g/mol. The number of carbonyl (C=O) groups is 2. The molecule has 0 radical (unpaired) electrons. The van der Waals surface area contributed by atoms with Crippen LogP contribution in [0.4, 0.5) is 0 Å². The van der Waals surface area contributed by atoms with Crippen LogP contribution in [0.5, 0.6) is 28.7 Å². The summed E-state index contributed by atoms with van der Waals surface area (Å²) >= 11 is 2.00. The van der Waals surface area contributed by atoms with Crippen LogP contribution < -0.4 is 23.7 Å². The topological polar surface area (TPSA) is 101 Å². The van der Waals surface area contributed by atoms with E-state index < -0.39 is 6.29 Å². The Labute approximate surface area is 194 Å². The molecule has 1 unspecified atom stereocenters. The van der Waals surface area contributed by atoms with E-state index in [-0.39, 0.29) is 24.4 Å². The van der Waals surface area contributed by atoms with Gasteiger partial charge in [0.1, 0.15) is 0 Å². The Hall–Kier alpha value is -2.53. The van der Waals surface area contributed by atoms with Gasteiger partial charge in [-0.15, -0.1) is 0 Å². The molecule has 0 saturated carbocycles. The maximum atomic E-state index is 12.7. The van der Waals surface area contributed by atoms with Gasteiger partial charge in [0.05, 0.1) is 32.0 Å². The van der Waals surface area contributed by atoms with Crippen molar-refractivity contribution in [1.82, 2.24) is 0 Å². The van der Waals surface area contributed by atoms with Gasteiger partial charge in [-0.2, -0.15) is 0 Å². The van der Waals surface area contributed by atoms with Crippen LogP contribution in [0.3, 0.4) is 0 Å². The molecule has 0 aliphatic rings. The first-order chi connectivity index (χ1) is 14.7. The van der Waals surface area contributed by atoms with E-state index >= 15 is 0 Å². The third-order valence-electron chi connectivity index (χ3n) is 4.41. The van der Waals surface area contributed by atoms with E-state index in [2.05, 4.69) is 0 Å². The second-order valence-corrected chi connectivity index (χ2v) is 7.63. The molecule has 2 aromatic carbocycles. The average Bonchev–Trinajstić information content (AvgIpc) is 2.76. The van der Waals surface area contributed by atoms with Crippen molar-refractivity contribution in [2.24, 2.45) is 0 Å². The van der Waals surface area contributed by atoms with Crippen LogP contribution in [0.1, 0.15) is 40.5 Å². The number of Topliss-reactive ketones (excluding diaryl/α,β-unsaturated/α-hetero) is 2. The fourth-order valence-corrected chi connectivity index (χ4v) is 3.65. The Morgan fingerprint density at radius 1 is 0.806 bits per heavy atom. The molecule has 0 amide bonds. The zero-order valence-electron chi connectivity index (χ0n) is 18.0. The smallest absolute Gasteiger partial charge is 0.203 e. The van der Waals surface area contributed by atoms with Gasteiger partial charge >= 0.3 is 0 Å². The van der Waals surface area contributed by atoms with Crippen LogP contribution in [0.25, 0.3) is 0 Å². The summed E-state index contributed by atoms with van der Waals surface area (Å²) in [7, 11) is 5.86. The number of aliphatic hydroxyl groups excluding tert-OH is 1. The highest BCUT2D eigenvalue weighted by Gasteiger charge is 2.20. The molecule has 0 saturated heterocycles. The molecular weight excluding hydrogens is 519 g/mol. The molecule has 1 N–H and O–H groups in total. The van der Waals surface area contributed by atoms with Gasteiger partial charge in [-0.3, -0.25) is 9.59 Å². The van der Waals surface area contributed by atoms with E-state index in [4.69, 9.17) is 23.7 Å². The third-order valence-corrected chi connectivity index (χ3v) is 5.21. The fraction of sp³-hybridized carbons (Fsp3) is 0.364. The van der Waals surface area contributed by atoms with E-state index in [0.717, 1.165) is 0 Å². The Balaban J connectivity index is 2.19. The van der Waals surface area contributed by atoms with Crippen molar-refractivity contribution in [2.45, 2.75) is 26.1 Å². The molecule has 0 aliphatic carbocycles. The lowest BCUT2D eigenvalue weighted by atomic mass is 10.0. The molecule has 168 valence electrons. The van der Waals surface area contributed by atoms with Crippen molar-refractivity contribution in [1.29, 1.82) is 0 Å². The highest BCUT2D eigenvalue weighted by molar-refractivity contribution is 14.1.